The van der Waals surface area contributed by atoms with Crippen LogP contribution in [0.15, 0.2) is 146 Å². The highest BCUT2D eigenvalue weighted by Gasteiger charge is 2.05. The van der Waals surface area contributed by atoms with Crippen molar-refractivity contribution >= 4 is 0 Å². The van der Waals surface area contributed by atoms with Gasteiger partial charge in [-0.15, -0.1) is 0 Å². The minimum absolute atomic E-state index is 0.189. The Labute approximate surface area is 248 Å². The predicted molar refractivity (Wildman–Crippen MR) is 162 cm³/mol. The van der Waals surface area contributed by atoms with Crippen molar-refractivity contribution in [3.8, 4) is 69.0 Å². The molecule has 0 fully saturated rings. The summed E-state index contributed by atoms with van der Waals surface area (Å²) in [6.45, 7) is 0. The van der Waals surface area contributed by atoms with Gasteiger partial charge in [-0.2, -0.15) is 0 Å². The zero-order chi connectivity index (χ0) is 29.4. The second kappa shape index (κ2) is 12.6. The van der Waals surface area contributed by atoms with Crippen LogP contribution in [-0.2, 0) is 0 Å². The highest BCUT2D eigenvalue weighted by atomic mass is 16.5. The standard InChI is InChI=1S/C36H26O7/c37-25-1-5-27(6-2-25)39-29-9-13-31(14-10-29)41-33-17-21-35(22-18-33)43-36-23-19-34(20-24-36)42-32-15-11-30(12-16-32)40-28-7-3-26(38)4-8-28/h1-24,37-38H. The normalized spacial score (nSPS) is 10.5. The fraction of sp³-hybridized carbons (Fsp3) is 0. The lowest BCUT2D eigenvalue weighted by molar-refractivity contribution is 0.457. The van der Waals surface area contributed by atoms with Gasteiger partial charge in [0.25, 0.3) is 0 Å². The van der Waals surface area contributed by atoms with Gasteiger partial charge in [0.1, 0.15) is 69.0 Å². The van der Waals surface area contributed by atoms with Crippen molar-refractivity contribution in [2.45, 2.75) is 0 Å². The van der Waals surface area contributed by atoms with Gasteiger partial charge >= 0.3 is 0 Å². The predicted octanol–water partition coefficient (Wildman–Crippen LogP) is 10.1. The molecule has 0 aliphatic carbocycles. The molecule has 0 aromatic heterocycles. The molecule has 0 bridgehead atoms. The van der Waals surface area contributed by atoms with Crippen molar-refractivity contribution in [2.24, 2.45) is 0 Å². The van der Waals surface area contributed by atoms with Crippen LogP contribution in [0.2, 0.25) is 0 Å². The number of ether oxygens (including phenoxy) is 5. The first kappa shape index (κ1) is 27.1. The van der Waals surface area contributed by atoms with E-state index in [0.29, 0.717) is 57.5 Å². The Bertz CT molecular complexity index is 1610. The Balaban J connectivity index is 0.988. The summed E-state index contributed by atoms with van der Waals surface area (Å²) in [7, 11) is 0. The van der Waals surface area contributed by atoms with E-state index >= 15 is 0 Å². The summed E-state index contributed by atoms with van der Waals surface area (Å²) in [5.41, 5.74) is 0. The zero-order valence-corrected chi connectivity index (χ0v) is 22.8. The second-order valence-electron chi connectivity index (χ2n) is 9.38. The number of phenols is 2. The van der Waals surface area contributed by atoms with E-state index in [9.17, 15) is 10.2 Å². The van der Waals surface area contributed by atoms with Crippen LogP contribution in [-0.4, -0.2) is 10.2 Å². The maximum Gasteiger partial charge on any atom is 0.127 e. The number of hydrogen-bond donors (Lipinski definition) is 2. The third kappa shape index (κ3) is 7.56. The highest BCUT2D eigenvalue weighted by molar-refractivity contribution is 5.43. The van der Waals surface area contributed by atoms with Crippen LogP contribution in [0.3, 0.4) is 0 Å². The Morgan fingerprint density at radius 1 is 0.209 bits per heavy atom. The molecule has 6 aromatic rings. The molecule has 0 amide bonds. The number of rotatable bonds is 10. The fourth-order valence-electron chi connectivity index (χ4n) is 4.01. The van der Waals surface area contributed by atoms with E-state index in [4.69, 9.17) is 23.7 Å². The molecule has 0 heterocycles. The number of hydrogen-bond acceptors (Lipinski definition) is 7. The molecule has 43 heavy (non-hydrogen) atoms. The van der Waals surface area contributed by atoms with Crippen LogP contribution < -0.4 is 23.7 Å². The second-order valence-corrected chi connectivity index (χ2v) is 9.38. The van der Waals surface area contributed by atoms with Crippen molar-refractivity contribution < 1.29 is 33.9 Å². The molecule has 6 aromatic carbocycles. The third-order valence-corrected chi connectivity index (χ3v) is 6.15. The van der Waals surface area contributed by atoms with Crippen LogP contribution in [0.4, 0.5) is 0 Å². The van der Waals surface area contributed by atoms with Gasteiger partial charge in [-0.05, 0) is 146 Å². The van der Waals surface area contributed by atoms with Crippen LogP contribution in [0.1, 0.15) is 0 Å². The summed E-state index contributed by atoms with van der Waals surface area (Å²) >= 11 is 0. The topological polar surface area (TPSA) is 86.6 Å². The first-order chi connectivity index (χ1) is 21.0. The lowest BCUT2D eigenvalue weighted by atomic mass is 10.3. The Morgan fingerprint density at radius 2 is 0.326 bits per heavy atom. The molecule has 0 saturated carbocycles. The molecule has 0 aliphatic rings. The Morgan fingerprint density at radius 3 is 0.465 bits per heavy atom. The maximum atomic E-state index is 9.40. The van der Waals surface area contributed by atoms with E-state index in [1.54, 1.807) is 48.5 Å². The van der Waals surface area contributed by atoms with Crippen molar-refractivity contribution in [2.75, 3.05) is 0 Å². The minimum Gasteiger partial charge on any atom is -0.508 e. The molecule has 0 atom stereocenters. The van der Waals surface area contributed by atoms with Gasteiger partial charge in [0.15, 0.2) is 0 Å². The number of benzene rings is 6. The Kier molecular flexibility index (Phi) is 7.95. The molecular weight excluding hydrogens is 544 g/mol. The molecule has 2 N–H and O–H groups in total. The van der Waals surface area contributed by atoms with Crippen molar-refractivity contribution in [3.05, 3.63) is 146 Å². The van der Waals surface area contributed by atoms with E-state index in [1.807, 2.05) is 97.1 Å². The summed E-state index contributed by atoms with van der Waals surface area (Å²) in [6, 6.07) is 42.3. The van der Waals surface area contributed by atoms with Crippen LogP contribution in [0, 0.1) is 0 Å². The SMILES string of the molecule is Oc1ccc(Oc2ccc(Oc3ccc(Oc4ccc(Oc5ccc(Oc6ccc(O)cc6)cc5)cc4)cc3)cc2)cc1. The van der Waals surface area contributed by atoms with Crippen molar-refractivity contribution in [1.82, 2.24) is 0 Å². The molecular formula is C36H26O7. The molecule has 0 spiro atoms. The van der Waals surface area contributed by atoms with E-state index in [1.165, 1.54) is 0 Å². The summed E-state index contributed by atoms with van der Waals surface area (Å²) in [5.74, 6) is 6.98. The van der Waals surface area contributed by atoms with Crippen molar-refractivity contribution in [3.63, 3.8) is 0 Å². The molecule has 0 unspecified atom stereocenters. The van der Waals surface area contributed by atoms with Crippen LogP contribution in [0.25, 0.3) is 0 Å². The van der Waals surface area contributed by atoms with Gasteiger partial charge < -0.3 is 33.9 Å². The highest BCUT2D eigenvalue weighted by Crippen LogP contribution is 2.32. The van der Waals surface area contributed by atoms with E-state index in [0.717, 1.165) is 0 Å². The minimum atomic E-state index is 0.189. The fourth-order valence-corrected chi connectivity index (χ4v) is 4.01. The smallest absolute Gasteiger partial charge is 0.127 e. The first-order valence-electron chi connectivity index (χ1n) is 13.4. The summed E-state index contributed by atoms with van der Waals surface area (Å²) < 4.78 is 29.4. The van der Waals surface area contributed by atoms with Gasteiger partial charge in [-0.25, -0.2) is 0 Å². The van der Waals surface area contributed by atoms with Crippen LogP contribution >= 0.6 is 0 Å². The molecule has 0 aliphatic heterocycles. The third-order valence-electron chi connectivity index (χ3n) is 6.15. The molecule has 7 heteroatoms. The summed E-state index contributed by atoms with van der Waals surface area (Å²) in [4.78, 5) is 0. The van der Waals surface area contributed by atoms with Gasteiger partial charge in [0.05, 0.1) is 0 Å². The molecule has 0 saturated heterocycles. The van der Waals surface area contributed by atoms with Gasteiger partial charge in [0.2, 0.25) is 0 Å². The quantitative estimate of drug-likeness (QED) is 0.169. The average Bonchev–Trinajstić information content (AvgIpc) is 3.03. The molecule has 0 radical (unpaired) electrons. The first-order valence-corrected chi connectivity index (χ1v) is 13.4. The largest absolute Gasteiger partial charge is 0.508 e. The van der Waals surface area contributed by atoms with E-state index in [-0.39, 0.29) is 11.5 Å². The van der Waals surface area contributed by atoms with Gasteiger partial charge in [-0.1, -0.05) is 0 Å². The lowest BCUT2D eigenvalue weighted by Gasteiger charge is -2.11. The maximum absolute atomic E-state index is 9.40. The van der Waals surface area contributed by atoms with Gasteiger partial charge in [0, 0.05) is 0 Å². The van der Waals surface area contributed by atoms with E-state index < -0.39 is 0 Å². The number of aromatic hydroxyl groups is 2. The number of phenolic OH excluding ortho intramolecular Hbond substituents is 2. The molecule has 212 valence electrons. The zero-order valence-electron chi connectivity index (χ0n) is 22.8. The summed E-state index contributed by atoms with van der Waals surface area (Å²) in [6.07, 6.45) is 0. The monoisotopic (exact) mass is 570 g/mol. The Hall–Kier alpha value is -6.08. The van der Waals surface area contributed by atoms with Crippen molar-refractivity contribution in [1.29, 1.82) is 0 Å². The van der Waals surface area contributed by atoms with Crippen LogP contribution in [0.5, 0.6) is 69.0 Å². The van der Waals surface area contributed by atoms with E-state index in [2.05, 4.69) is 0 Å². The summed E-state index contributed by atoms with van der Waals surface area (Å²) in [5, 5.41) is 18.8. The lowest BCUT2D eigenvalue weighted by Crippen LogP contribution is -1.88. The van der Waals surface area contributed by atoms with Gasteiger partial charge in [-0.3, -0.25) is 0 Å². The molecule has 6 rings (SSSR count). The molecule has 7 nitrogen and oxygen atoms in total. The average molecular weight is 571 g/mol.